The first-order valence-corrected chi connectivity index (χ1v) is 14.7. The van der Waals surface area contributed by atoms with E-state index in [-0.39, 0.29) is 46.6 Å². The zero-order chi connectivity index (χ0) is 26.4. The van der Waals surface area contributed by atoms with Crippen LogP contribution in [0.5, 0.6) is 0 Å². The van der Waals surface area contributed by atoms with Crippen LogP contribution < -0.4 is 0 Å². The maximum atomic E-state index is 14.3. The topological polar surface area (TPSA) is 72.8 Å². The number of Topliss-reactive ketones (excluding diaryl/α,β-unsaturated/α-hetero) is 1. The molecule has 6 rings (SSSR count). The van der Waals surface area contributed by atoms with E-state index in [1.54, 1.807) is 12.2 Å². The highest BCUT2D eigenvalue weighted by atomic mass is 35.5. The zero-order valence-electron chi connectivity index (χ0n) is 21.8. The summed E-state index contributed by atoms with van der Waals surface area (Å²) >= 11 is 7.82. The van der Waals surface area contributed by atoms with E-state index < -0.39 is 22.9 Å². The summed E-state index contributed by atoms with van der Waals surface area (Å²) in [5, 5.41) is 12.4. The van der Waals surface area contributed by atoms with Crippen LogP contribution in [0.4, 0.5) is 0 Å². The molecular formula is C30H35ClO5S. The number of ketones is 2. The minimum absolute atomic E-state index is 0.00795. The summed E-state index contributed by atoms with van der Waals surface area (Å²) in [7, 11) is 0. The Hall–Kier alpha value is -1.44. The normalized spacial score (nSPS) is 43.5. The fourth-order valence-corrected chi connectivity index (χ4v) is 9.91. The van der Waals surface area contributed by atoms with E-state index in [1.807, 2.05) is 44.2 Å². The summed E-state index contributed by atoms with van der Waals surface area (Å²) in [6.45, 7) is 8.07. The molecule has 0 bridgehead atoms. The van der Waals surface area contributed by atoms with Gasteiger partial charge in [-0.05, 0) is 75.7 Å². The van der Waals surface area contributed by atoms with Gasteiger partial charge in [0.05, 0.1) is 23.0 Å². The number of carbonyl (C=O) groups excluding carboxylic acids is 2. The summed E-state index contributed by atoms with van der Waals surface area (Å²) in [6, 6.07) is 7.56. The lowest BCUT2D eigenvalue weighted by Crippen LogP contribution is -2.63. The van der Waals surface area contributed by atoms with Crippen LogP contribution in [0, 0.1) is 28.6 Å². The van der Waals surface area contributed by atoms with Gasteiger partial charge in [-0.25, -0.2) is 0 Å². The second-order valence-electron chi connectivity index (χ2n) is 12.4. The molecule has 3 saturated carbocycles. The number of halogens is 1. The largest absolute Gasteiger partial charge is 0.393 e. The predicted octanol–water partition coefficient (Wildman–Crippen LogP) is 5.78. The summed E-state index contributed by atoms with van der Waals surface area (Å²) in [6.07, 6.45) is 7.36. The van der Waals surface area contributed by atoms with E-state index in [0.29, 0.717) is 11.4 Å². The second kappa shape index (κ2) is 8.53. The molecule has 5 nitrogen and oxygen atoms in total. The van der Waals surface area contributed by atoms with E-state index in [9.17, 15) is 14.7 Å². The van der Waals surface area contributed by atoms with Crippen molar-refractivity contribution in [3.05, 3.63) is 53.1 Å². The monoisotopic (exact) mass is 542 g/mol. The highest BCUT2D eigenvalue weighted by molar-refractivity contribution is 8.00. The molecule has 0 radical (unpaired) electrons. The minimum atomic E-state index is -1.13. The first-order valence-electron chi connectivity index (χ1n) is 13.3. The fourth-order valence-electron chi connectivity index (χ4n) is 8.73. The third-order valence-electron chi connectivity index (χ3n) is 10.1. The van der Waals surface area contributed by atoms with Crippen LogP contribution >= 0.6 is 23.4 Å². The third-order valence-corrected chi connectivity index (χ3v) is 11.6. The Balaban J connectivity index is 1.36. The van der Waals surface area contributed by atoms with Crippen molar-refractivity contribution < 1.29 is 24.2 Å². The molecule has 5 aliphatic rings. The van der Waals surface area contributed by atoms with Crippen LogP contribution in [0.1, 0.15) is 53.4 Å². The first-order chi connectivity index (χ1) is 17.4. The number of fused-ring (bicyclic) bond motifs is 7. The molecule has 4 aliphatic carbocycles. The maximum Gasteiger partial charge on any atom is 0.178 e. The Kier molecular flexibility index (Phi) is 5.95. The van der Waals surface area contributed by atoms with Crippen LogP contribution in [0.15, 0.2) is 53.0 Å². The van der Waals surface area contributed by atoms with Gasteiger partial charge < -0.3 is 14.6 Å². The molecule has 0 spiro atoms. The van der Waals surface area contributed by atoms with Crippen molar-refractivity contribution in [1.29, 1.82) is 0 Å². The first kappa shape index (κ1) is 25.8. The number of ether oxygens (including phenoxy) is 2. The molecule has 0 amide bonds. The molecule has 1 aromatic carbocycles. The molecule has 8 atom stereocenters. The van der Waals surface area contributed by atoms with E-state index >= 15 is 0 Å². The van der Waals surface area contributed by atoms with Crippen LogP contribution in [0.3, 0.4) is 0 Å². The molecule has 7 heteroatoms. The van der Waals surface area contributed by atoms with Gasteiger partial charge in [0.15, 0.2) is 23.0 Å². The average molecular weight is 543 g/mol. The van der Waals surface area contributed by atoms with Crippen LogP contribution in [0.25, 0.3) is 0 Å². The molecule has 37 heavy (non-hydrogen) atoms. The SMILES string of the molecule is CC1(C)O[C@@H]2CC3C4CCC5=CC(=O)C=CC5(C)C4C(O)CC3(C)[C@]2(C(=O)CSc2ccccc2Cl)O1. The summed E-state index contributed by atoms with van der Waals surface area (Å²) in [5.74, 6) is -0.258. The lowest BCUT2D eigenvalue weighted by atomic mass is 9.46. The Labute approximate surface area is 228 Å². The molecule has 1 saturated heterocycles. The molecule has 4 fully saturated rings. The Bertz CT molecular complexity index is 1220. The van der Waals surface area contributed by atoms with Crippen molar-refractivity contribution in [2.75, 3.05) is 5.75 Å². The van der Waals surface area contributed by atoms with Crippen molar-refractivity contribution in [2.24, 2.45) is 28.6 Å². The zero-order valence-corrected chi connectivity index (χ0v) is 23.4. The summed E-state index contributed by atoms with van der Waals surface area (Å²) in [5.41, 5.74) is -0.933. The molecule has 1 N–H and O–H groups in total. The van der Waals surface area contributed by atoms with Crippen molar-refractivity contribution in [2.45, 2.75) is 81.9 Å². The van der Waals surface area contributed by atoms with Crippen LogP contribution in [-0.2, 0) is 19.1 Å². The van der Waals surface area contributed by atoms with Gasteiger partial charge in [-0.2, -0.15) is 0 Å². The quantitative estimate of drug-likeness (QED) is 0.486. The van der Waals surface area contributed by atoms with Crippen molar-refractivity contribution in [3.63, 3.8) is 0 Å². The van der Waals surface area contributed by atoms with Gasteiger partial charge in [0.2, 0.25) is 0 Å². The van der Waals surface area contributed by atoms with Gasteiger partial charge in [0.1, 0.15) is 0 Å². The van der Waals surface area contributed by atoms with E-state index in [1.165, 1.54) is 11.8 Å². The Morgan fingerprint density at radius 1 is 1.22 bits per heavy atom. The van der Waals surface area contributed by atoms with E-state index in [0.717, 1.165) is 29.7 Å². The number of rotatable bonds is 4. The summed E-state index contributed by atoms with van der Waals surface area (Å²) < 4.78 is 13.1. The fraction of sp³-hybridized carbons (Fsp3) is 0.600. The third kappa shape index (κ3) is 3.62. The van der Waals surface area contributed by atoms with E-state index in [2.05, 4.69) is 13.8 Å². The van der Waals surface area contributed by atoms with Crippen LogP contribution in [0.2, 0.25) is 5.02 Å². The molecular weight excluding hydrogens is 508 g/mol. The number of carbonyl (C=O) groups is 2. The Morgan fingerprint density at radius 3 is 2.73 bits per heavy atom. The molecule has 1 aromatic rings. The highest BCUT2D eigenvalue weighted by Gasteiger charge is 2.76. The lowest BCUT2D eigenvalue weighted by Gasteiger charge is -2.60. The predicted molar refractivity (Wildman–Crippen MR) is 143 cm³/mol. The molecule has 0 aromatic heterocycles. The number of hydrogen-bond acceptors (Lipinski definition) is 6. The maximum absolute atomic E-state index is 14.3. The smallest absolute Gasteiger partial charge is 0.178 e. The van der Waals surface area contributed by atoms with E-state index in [4.69, 9.17) is 21.1 Å². The number of benzene rings is 1. The molecule has 6 unspecified atom stereocenters. The number of thioether (sulfide) groups is 1. The van der Waals surface area contributed by atoms with Crippen molar-refractivity contribution >= 4 is 34.9 Å². The van der Waals surface area contributed by atoms with Gasteiger partial charge in [-0.3, -0.25) is 9.59 Å². The Morgan fingerprint density at radius 2 is 1.97 bits per heavy atom. The van der Waals surface area contributed by atoms with Gasteiger partial charge in [0, 0.05) is 21.6 Å². The standard InChI is InChI=1S/C30H35ClO5S/c1-27(2)35-25-14-20-19-10-9-17-13-18(32)11-12-28(17,3)26(19)22(33)15-29(20,4)30(25,36-27)24(34)16-37-23-8-6-5-7-21(23)31/h5-8,11-13,19-20,22,25-26,33H,9-10,14-16H2,1-4H3/t19?,20?,22?,25-,26?,28?,29?,30-/m1/s1. The number of hydrogen-bond donors (Lipinski definition) is 1. The average Bonchev–Trinajstić information content (AvgIpc) is 3.24. The van der Waals surface area contributed by atoms with Crippen molar-refractivity contribution in [3.8, 4) is 0 Å². The molecule has 1 aliphatic heterocycles. The van der Waals surface area contributed by atoms with Crippen molar-refractivity contribution in [1.82, 2.24) is 0 Å². The number of aliphatic hydroxyl groups is 1. The highest BCUT2D eigenvalue weighted by Crippen LogP contribution is 2.70. The summed E-state index contributed by atoms with van der Waals surface area (Å²) in [4.78, 5) is 27.3. The number of aliphatic hydroxyl groups excluding tert-OH is 1. The molecule has 1 heterocycles. The van der Waals surface area contributed by atoms with Gasteiger partial charge >= 0.3 is 0 Å². The minimum Gasteiger partial charge on any atom is -0.393 e. The van der Waals surface area contributed by atoms with Gasteiger partial charge in [-0.1, -0.05) is 49.2 Å². The molecule has 198 valence electrons. The van der Waals surface area contributed by atoms with Gasteiger partial charge in [-0.15, -0.1) is 11.8 Å². The van der Waals surface area contributed by atoms with Gasteiger partial charge in [0.25, 0.3) is 0 Å². The van der Waals surface area contributed by atoms with Crippen LogP contribution in [-0.4, -0.2) is 46.0 Å². The second-order valence-corrected chi connectivity index (χ2v) is 13.9. The number of allylic oxidation sites excluding steroid dienone is 4. The lowest BCUT2D eigenvalue weighted by molar-refractivity contribution is -0.223.